The van der Waals surface area contributed by atoms with E-state index in [0.717, 1.165) is 18.2 Å². The Morgan fingerprint density at radius 3 is 2.50 bits per heavy atom. The fourth-order valence-electron chi connectivity index (χ4n) is 1.74. The van der Waals surface area contributed by atoms with Crippen LogP contribution in [0.5, 0.6) is 0 Å². The van der Waals surface area contributed by atoms with E-state index in [9.17, 15) is 10.1 Å². The van der Waals surface area contributed by atoms with Gasteiger partial charge in [-0.3, -0.25) is 10.1 Å². The number of nitrogens with zero attached hydrogens (tertiary/aromatic N) is 2. The molecule has 1 saturated carbocycles. The Hall–Kier alpha value is -1.58. The highest BCUT2D eigenvalue weighted by atomic mass is 16.6. The number of rotatable bonds is 5. The summed E-state index contributed by atoms with van der Waals surface area (Å²) in [5, 5.41) is 10.5. The van der Waals surface area contributed by atoms with Crippen LogP contribution < -0.4 is 4.90 Å². The number of nitro benzene ring substituents is 1. The lowest BCUT2D eigenvalue weighted by Crippen LogP contribution is -2.18. The van der Waals surface area contributed by atoms with Crippen molar-refractivity contribution in [1.82, 2.24) is 0 Å². The Balaban J connectivity index is 1.93. The van der Waals surface area contributed by atoms with Crippen LogP contribution in [0.1, 0.15) is 19.3 Å². The van der Waals surface area contributed by atoms with Crippen molar-refractivity contribution in [3.8, 4) is 0 Å². The molecule has 0 aromatic heterocycles. The molecule has 0 atom stereocenters. The van der Waals surface area contributed by atoms with Gasteiger partial charge in [-0.2, -0.15) is 0 Å². The summed E-state index contributed by atoms with van der Waals surface area (Å²) in [4.78, 5) is 12.3. The van der Waals surface area contributed by atoms with E-state index in [1.54, 1.807) is 12.1 Å². The Labute approximate surface area is 95.0 Å². The van der Waals surface area contributed by atoms with Crippen LogP contribution in [0, 0.1) is 16.0 Å². The van der Waals surface area contributed by atoms with E-state index in [2.05, 4.69) is 4.90 Å². The minimum absolute atomic E-state index is 0.152. The molecule has 0 aliphatic heterocycles. The van der Waals surface area contributed by atoms with Gasteiger partial charge < -0.3 is 4.90 Å². The highest BCUT2D eigenvalue weighted by Gasteiger charge is 2.21. The molecule has 0 radical (unpaired) electrons. The Bertz CT molecular complexity index is 371. The van der Waals surface area contributed by atoms with E-state index in [0.29, 0.717) is 0 Å². The predicted molar refractivity (Wildman–Crippen MR) is 63.7 cm³/mol. The third kappa shape index (κ3) is 2.72. The largest absolute Gasteiger partial charge is 0.375 e. The maximum Gasteiger partial charge on any atom is 0.269 e. The summed E-state index contributed by atoms with van der Waals surface area (Å²) in [6, 6.07) is 6.74. The molecule has 2 rings (SSSR count). The van der Waals surface area contributed by atoms with Gasteiger partial charge in [-0.15, -0.1) is 0 Å². The second kappa shape index (κ2) is 4.51. The normalized spacial score (nSPS) is 14.8. The third-order valence-electron chi connectivity index (χ3n) is 3.07. The van der Waals surface area contributed by atoms with Crippen LogP contribution in [-0.4, -0.2) is 18.5 Å². The summed E-state index contributed by atoms with van der Waals surface area (Å²) in [6.07, 6.45) is 3.97. The predicted octanol–water partition coefficient (Wildman–Crippen LogP) is 2.83. The molecule has 0 saturated heterocycles. The SMILES string of the molecule is CN(CCC1CC1)c1ccc([N+](=O)[O-])cc1. The standard InChI is InChI=1S/C12H16N2O2/c1-13(9-8-10-2-3-10)11-4-6-12(7-5-11)14(15)16/h4-7,10H,2-3,8-9H2,1H3. The zero-order chi connectivity index (χ0) is 11.5. The molecule has 1 aliphatic rings. The van der Waals surface area contributed by atoms with Crippen LogP contribution in [0.4, 0.5) is 11.4 Å². The number of hydrogen-bond donors (Lipinski definition) is 0. The third-order valence-corrected chi connectivity index (χ3v) is 3.07. The monoisotopic (exact) mass is 220 g/mol. The maximum atomic E-state index is 10.5. The lowest BCUT2D eigenvalue weighted by molar-refractivity contribution is -0.384. The first-order chi connectivity index (χ1) is 7.66. The molecule has 0 heterocycles. The first-order valence-corrected chi connectivity index (χ1v) is 5.62. The van der Waals surface area contributed by atoms with Crippen molar-refractivity contribution in [1.29, 1.82) is 0 Å². The van der Waals surface area contributed by atoms with Crippen molar-refractivity contribution >= 4 is 11.4 Å². The molecule has 0 amide bonds. The summed E-state index contributed by atoms with van der Waals surface area (Å²) in [5.74, 6) is 0.917. The highest BCUT2D eigenvalue weighted by molar-refractivity contribution is 5.50. The van der Waals surface area contributed by atoms with Crippen LogP contribution in [-0.2, 0) is 0 Å². The highest BCUT2D eigenvalue weighted by Crippen LogP contribution is 2.32. The molecule has 1 aromatic rings. The van der Waals surface area contributed by atoms with E-state index in [1.807, 2.05) is 19.2 Å². The average Bonchev–Trinajstić information content (AvgIpc) is 3.10. The van der Waals surface area contributed by atoms with Gasteiger partial charge in [-0.1, -0.05) is 12.8 Å². The second-order valence-corrected chi connectivity index (χ2v) is 4.43. The molecule has 0 N–H and O–H groups in total. The van der Waals surface area contributed by atoms with Crippen LogP contribution >= 0.6 is 0 Å². The molecule has 4 nitrogen and oxygen atoms in total. The molecular weight excluding hydrogens is 204 g/mol. The molecule has 1 fully saturated rings. The average molecular weight is 220 g/mol. The van der Waals surface area contributed by atoms with Crippen molar-refractivity contribution in [2.24, 2.45) is 5.92 Å². The fourth-order valence-corrected chi connectivity index (χ4v) is 1.74. The molecule has 16 heavy (non-hydrogen) atoms. The van der Waals surface area contributed by atoms with E-state index < -0.39 is 0 Å². The number of hydrogen-bond acceptors (Lipinski definition) is 3. The molecule has 0 spiro atoms. The van der Waals surface area contributed by atoms with Gasteiger partial charge in [0.05, 0.1) is 4.92 Å². The van der Waals surface area contributed by atoms with Crippen LogP contribution in [0.15, 0.2) is 24.3 Å². The minimum Gasteiger partial charge on any atom is -0.375 e. The van der Waals surface area contributed by atoms with E-state index in [4.69, 9.17) is 0 Å². The van der Waals surface area contributed by atoms with Gasteiger partial charge in [-0.25, -0.2) is 0 Å². The first-order valence-electron chi connectivity index (χ1n) is 5.62. The number of nitro groups is 1. The number of non-ortho nitro benzene ring substituents is 1. The Kier molecular flexibility index (Phi) is 3.08. The Morgan fingerprint density at radius 1 is 1.38 bits per heavy atom. The molecule has 1 aromatic carbocycles. The van der Waals surface area contributed by atoms with Gasteiger partial charge in [0.15, 0.2) is 0 Å². The molecule has 0 unspecified atom stereocenters. The summed E-state index contributed by atoms with van der Waals surface area (Å²) < 4.78 is 0. The lowest BCUT2D eigenvalue weighted by atomic mass is 10.2. The van der Waals surface area contributed by atoms with E-state index in [1.165, 1.54) is 19.3 Å². The van der Waals surface area contributed by atoms with Gasteiger partial charge in [0, 0.05) is 31.4 Å². The van der Waals surface area contributed by atoms with Gasteiger partial charge >= 0.3 is 0 Å². The first kappa shape index (κ1) is 10.9. The van der Waals surface area contributed by atoms with Gasteiger partial charge in [-0.05, 0) is 24.5 Å². The van der Waals surface area contributed by atoms with E-state index in [-0.39, 0.29) is 10.6 Å². The second-order valence-electron chi connectivity index (χ2n) is 4.43. The lowest BCUT2D eigenvalue weighted by Gasteiger charge is -2.18. The van der Waals surface area contributed by atoms with Gasteiger partial charge in [0.25, 0.3) is 5.69 Å². The van der Waals surface area contributed by atoms with Crippen LogP contribution in [0.2, 0.25) is 0 Å². The topological polar surface area (TPSA) is 46.4 Å². The molecule has 0 bridgehead atoms. The zero-order valence-corrected chi connectivity index (χ0v) is 9.43. The summed E-state index contributed by atoms with van der Waals surface area (Å²) in [7, 11) is 2.03. The van der Waals surface area contributed by atoms with E-state index >= 15 is 0 Å². The molecule has 1 aliphatic carbocycles. The number of benzene rings is 1. The minimum atomic E-state index is -0.367. The summed E-state index contributed by atoms with van der Waals surface area (Å²) in [6.45, 7) is 1.03. The molecule has 4 heteroatoms. The molecule has 86 valence electrons. The smallest absolute Gasteiger partial charge is 0.269 e. The van der Waals surface area contributed by atoms with Crippen molar-refractivity contribution in [3.63, 3.8) is 0 Å². The van der Waals surface area contributed by atoms with Gasteiger partial charge in [0.2, 0.25) is 0 Å². The van der Waals surface area contributed by atoms with Crippen molar-refractivity contribution in [2.45, 2.75) is 19.3 Å². The molecular formula is C12H16N2O2. The number of anilines is 1. The fraction of sp³-hybridized carbons (Fsp3) is 0.500. The van der Waals surface area contributed by atoms with Crippen LogP contribution in [0.25, 0.3) is 0 Å². The van der Waals surface area contributed by atoms with Crippen molar-refractivity contribution in [2.75, 3.05) is 18.5 Å². The quantitative estimate of drug-likeness (QED) is 0.566. The summed E-state index contributed by atoms with van der Waals surface area (Å²) >= 11 is 0. The Morgan fingerprint density at radius 2 is 2.00 bits per heavy atom. The van der Waals surface area contributed by atoms with Crippen LogP contribution in [0.3, 0.4) is 0 Å². The van der Waals surface area contributed by atoms with Crippen molar-refractivity contribution in [3.05, 3.63) is 34.4 Å². The van der Waals surface area contributed by atoms with Crippen molar-refractivity contribution < 1.29 is 4.92 Å². The maximum absolute atomic E-state index is 10.5. The summed E-state index contributed by atoms with van der Waals surface area (Å²) in [5.41, 5.74) is 1.20. The zero-order valence-electron chi connectivity index (χ0n) is 9.43. The van der Waals surface area contributed by atoms with Gasteiger partial charge in [0.1, 0.15) is 0 Å².